The van der Waals surface area contributed by atoms with Gasteiger partial charge in [-0.2, -0.15) is 0 Å². The van der Waals surface area contributed by atoms with Crippen molar-refractivity contribution in [3.05, 3.63) is 88.0 Å². The Morgan fingerprint density at radius 2 is 1.74 bits per heavy atom. The molecule has 0 unspecified atom stereocenters. The minimum Gasteiger partial charge on any atom is -0.345 e. The molecule has 0 spiro atoms. The zero-order valence-electron chi connectivity index (χ0n) is 15.0. The standard InChI is InChI=1S/C21H19FN2O2S/c1-13-11-18(24-20(25)16-9-6-10-17(22)12-16)27-19(13)21(26)23-14(2)15-7-4-3-5-8-15/h3-12,14H,1-2H3,(H,23,26)(H,24,25)/t14-/m1/s1. The lowest BCUT2D eigenvalue weighted by Crippen LogP contribution is -2.26. The van der Waals surface area contributed by atoms with Gasteiger partial charge in [-0.15, -0.1) is 11.3 Å². The quantitative estimate of drug-likeness (QED) is 0.657. The van der Waals surface area contributed by atoms with Crippen molar-refractivity contribution in [1.29, 1.82) is 0 Å². The fourth-order valence-electron chi connectivity index (χ4n) is 2.67. The van der Waals surface area contributed by atoms with Crippen molar-refractivity contribution in [1.82, 2.24) is 5.32 Å². The molecule has 1 atom stereocenters. The van der Waals surface area contributed by atoms with Gasteiger partial charge in [-0.25, -0.2) is 4.39 Å². The number of thiophene rings is 1. The Kier molecular flexibility index (Phi) is 5.66. The number of hydrogen-bond donors (Lipinski definition) is 2. The summed E-state index contributed by atoms with van der Waals surface area (Å²) in [5.41, 5.74) is 2.01. The van der Waals surface area contributed by atoms with E-state index in [2.05, 4.69) is 10.6 Å². The van der Waals surface area contributed by atoms with Gasteiger partial charge in [0.05, 0.1) is 15.9 Å². The molecule has 1 aromatic heterocycles. The number of rotatable bonds is 5. The van der Waals surface area contributed by atoms with Gasteiger partial charge < -0.3 is 10.6 Å². The Morgan fingerprint density at radius 1 is 1.00 bits per heavy atom. The average Bonchev–Trinajstić information content (AvgIpc) is 3.02. The van der Waals surface area contributed by atoms with Gasteiger partial charge in [-0.05, 0) is 49.2 Å². The first-order valence-electron chi connectivity index (χ1n) is 8.47. The molecule has 0 fully saturated rings. The molecular weight excluding hydrogens is 363 g/mol. The molecule has 0 radical (unpaired) electrons. The molecular formula is C21H19FN2O2S. The van der Waals surface area contributed by atoms with E-state index in [0.29, 0.717) is 9.88 Å². The Hall–Kier alpha value is -2.99. The first-order valence-corrected chi connectivity index (χ1v) is 9.29. The molecule has 0 bridgehead atoms. The van der Waals surface area contributed by atoms with Crippen LogP contribution in [0, 0.1) is 12.7 Å². The summed E-state index contributed by atoms with van der Waals surface area (Å²) in [5, 5.41) is 6.23. The molecule has 4 nitrogen and oxygen atoms in total. The minimum atomic E-state index is -0.472. The number of anilines is 1. The van der Waals surface area contributed by atoms with Gasteiger partial charge in [0.15, 0.2) is 0 Å². The average molecular weight is 382 g/mol. The first kappa shape index (κ1) is 18.8. The van der Waals surface area contributed by atoms with E-state index in [1.54, 1.807) is 6.07 Å². The molecule has 0 saturated heterocycles. The van der Waals surface area contributed by atoms with E-state index in [1.165, 1.54) is 35.6 Å². The highest BCUT2D eigenvalue weighted by atomic mass is 32.1. The smallest absolute Gasteiger partial charge is 0.262 e. The van der Waals surface area contributed by atoms with E-state index >= 15 is 0 Å². The van der Waals surface area contributed by atoms with E-state index < -0.39 is 11.7 Å². The van der Waals surface area contributed by atoms with Crippen LogP contribution in [0.2, 0.25) is 0 Å². The van der Waals surface area contributed by atoms with E-state index in [0.717, 1.165) is 11.1 Å². The molecule has 2 N–H and O–H groups in total. The van der Waals surface area contributed by atoms with E-state index in [4.69, 9.17) is 0 Å². The largest absolute Gasteiger partial charge is 0.345 e. The predicted octanol–water partition coefficient (Wildman–Crippen LogP) is 4.94. The molecule has 3 aromatic rings. The summed E-state index contributed by atoms with van der Waals surface area (Å²) in [6.07, 6.45) is 0. The second-order valence-electron chi connectivity index (χ2n) is 6.19. The highest BCUT2D eigenvalue weighted by Gasteiger charge is 2.18. The van der Waals surface area contributed by atoms with Crippen LogP contribution < -0.4 is 10.6 Å². The monoisotopic (exact) mass is 382 g/mol. The summed E-state index contributed by atoms with van der Waals surface area (Å²) in [5.74, 6) is -1.08. The summed E-state index contributed by atoms with van der Waals surface area (Å²) in [7, 11) is 0. The summed E-state index contributed by atoms with van der Waals surface area (Å²) >= 11 is 1.19. The van der Waals surface area contributed by atoms with Gasteiger partial charge in [-0.3, -0.25) is 9.59 Å². The highest BCUT2D eigenvalue weighted by molar-refractivity contribution is 7.18. The van der Waals surface area contributed by atoms with Gasteiger partial charge in [0.25, 0.3) is 11.8 Å². The maximum absolute atomic E-state index is 13.3. The number of aryl methyl sites for hydroxylation is 1. The van der Waals surface area contributed by atoms with E-state index in [-0.39, 0.29) is 17.5 Å². The fraction of sp³-hybridized carbons (Fsp3) is 0.143. The summed E-state index contributed by atoms with van der Waals surface area (Å²) in [6.45, 7) is 3.74. The molecule has 138 valence electrons. The van der Waals surface area contributed by atoms with Crippen molar-refractivity contribution in [3.63, 3.8) is 0 Å². The molecule has 27 heavy (non-hydrogen) atoms. The molecule has 3 rings (SSSR count). The second-order valence-corrected chi connectivity index (χ2v) is 7.25. The number of halogens is 1. The van der Waals surface area contributed by atoms with Crippen molar-refractivity contribution < 1.29 is 14.0 Å². The molecule has 0 saturated carbocycles. The number of carbonyl (C=O) groups is 2. The number of nitrogens with one attached hydrogen (secondary N) is 2. The maximum atomic E-state index is 13.3. The lowest BCUT2D eigenvalue weighted by molar-refractivity contribution is 0.0942. The van der Waals surface area contributed by atoms with Crippen molar-refractivity contribution >= 4 is 28.2 Å². The van der Waals surface area contributed by atoms with Crippen molar-refractivity contribution in [2.45, 2.75) is 19.9 Å². The van der Waals surface area contributed by atoms with Crippen LogP contribution in [0.1, 0.15) is 44.1 Å². The van der Waals surface area contributed by atoms with Crippen LogP contribution >= 0.6 is 11.3 Å². The molecule has 2 aromatic carbocycles. The molecule has 1 heterocycles. The van der Waals surface area contributed by atoms with E-state index in [9.17, 15) is 14.0 Å². The summed E-state index contributed by atoms with van der Waals surface area (Å²) < 4.78 is 13.3. The number of amides is 2. The van der Waals surface area contributed by atoms with Crippen molar-refractivity contribution in [2.75, 3.05) is 5.32 Å². The van der Waals surface area contributed by atoms with Gasteiger partial charge in [-0.1, -0.05) is 36.4 Å². The first-order chi connectivity index (χ1) is 12.9. The van der Waals surface area contributed by atoms with Gasteiger partial charge >= 0.3 is 0 Å². The Bertz CT molecular complexity index is 969. The normalized spacial score (nSPS) is 11.7. The van der Waals surface area contributed by atoms with Gasteiger partial charge in [0.2, 0.25) is 0 Å². The molecule has 6 heteroatoms. The number of hydrogen-bond acceptors (Lipinski definition) is 3. The maximum Gasteiger partial charge on any atom is 0.262 e. The third-order valence-electron chi connectivity index (χ3n) is 4.09. The molecule has 0 aliphatic rings. The second kappa shape index (κ2) is 8.14. The molecule has 0 aliphatic heterocycles. The lowest BCUT2D eigenvalue weighted by Gasteiger charge is -2.13. The van der Waals surface area contributed by atoms with Crippen molar-refractivity contribution in [3.8, 4) is 0 Å². The van der Waals surface area contributed by atoms with E-state index in [1.807, 2.05) is 44.2 Å². The summed E-state index contributed by atoms with van der Waals surface area (Å²) in [6, 6.07) is 16.8. The van der Waals surface area contributed by atoms with Gasteiger partial charge in [0, 0.05) is 5.56 Å². The third kappa shape index (κ3) is 4.60. The Labute approximate surface area is 161 Å². The zero-order chi connectivity index (χ0) is 19.4. The molecule has 2 amide bonds. The van der Waals surface area contributed by atoms with Crippen LogP contribution in [0.5, 0.6) is 0 Å². The number of benzene rings is 2. The lowest BCUT2D eigenvalue weighted by atomic mass is 10.1. The van der Waals surface area contributed by atoms with Crippen LogP contribution in [0.3, 0.4) is 0 Å². The highest BCUT2D eigenvalue weighted by Crippen LogP contribution is 2.28. The van der Waals surface area contributed by atoms with Crippen LogP contribution in [-0.2, 0) is 0 Å². The van der Waals surface area contributed by atoms with Crippen LogP contribution in [0.4, 0.5) is 9.39 Å². The Balaban J connectivity index is 1.70. The van der Waals surface area contributed by atoms with Crippen molar-refractivity contribution in [2.24, 2.45) is 0 Å². The fourth-order valence-corrected chi connectivity index (χ4v) is 3.64. The predicted molar refractivity (Wildman–Crippen MR) is 106 cm³/mol. The van der Waals surface area contributed by atoms with Crippen LogP contribution in [-0.4, -0.2) is 11.8 Å². The minimum absolute atomic E-state index is 0.134. The third-order valence-corrected chi connectivity index (χ3v) is 5.25. The molecule has 0 aliphatic carbocycles. The van der Waals surface area contributed by atoms with Crippen LogP contribution in [0.15, 0.2) is 60.7 Å². The SMILES string of the molecule is Cc1cc(NC(=O)c2cccc(F)c2)sc1C(=O)N[C@H](C)c1ccccc1. The summed E-state index contributed by atoms with van der Waals surface area (Å²) in [4.78, 5) is 25.4. The Morgan fingerprint density at radius 3 is 2.44 bits per heavy atom. The topological polar surface area (TPSA) is 58.2 Å². The van der Waals surface area contributed by atoms with Gasteiger partial charge in [0.1, 0.15) is 5.82 Å². The zero-order valence-corrected chi connectivity index (χ0v) is 15.8. The number of carbonyl (C=O) groups excluding carboxylic acids is 2. The van der Waals surface area contributed by atoms with Crippen LogP contribution in [0.25, 0.3) is 0 Å².